The van der Waals surface area contributed by atoms with Crippen LogP contribution in [0.4, 0.5) is 0 Å². The molecule has 90 valence electrons. The molecule has 0 fully saturated rings. The molecule has 2 heteroatoms. The van der Waals surface area contributed by atoms with Gasteiger partial charge in [-0.1, -0.05) is 32.1 Å². The highest BCUT2D eigenvalue weighted by molar-refractivity contribution is 5.21. The summed E-state index contributed by atoms with van der Waals surface area (Å²) in [6.07, 6.45) is 11.7. The molecule has 0 aliphatic heterocycles. The van der Waals surface area contributed by atoms with Crippen LogP contribution in [0.2, 0.25) is 0 Å². The molecule has 0 aliphatic carbocycles. The second-order valence-corrected chi connectivity index (χ2v) is 3.30. The summed E-state index contributed by atoms with van der Waals surface area (Å²) in [4.78, 5) is 0. The third kappa shape index (κ3) is 7.92. The van der Waals surface area contributed by atoms with Gasteiger partial charge in [0.15, 0.2) is 0 Å². The van der Waals surface area contributed by atoms with E-state index in [9.17, 15) is 0 Å². The molecule has 0 rings (SSSR count). The molecule has 0 aromatic carbocycles. The van der Waals surface area contributed by atoms with Gasteiger partial charge in [-0.25, -0.2) is 0 Å². The van der Waals surface area contributed by atoms with Crippen LogP contribution < -0.4 is 0 Å². The molecule has 0 saturated heterocycles. The summed E-state index contributed by atoms with van der Waals surface area (Å²) in [6, 6.07) is 0. The lowest BCUT2D eigenvalue weighted by Gasteiger charge is -2.04. The molecule has 0 spiro atoms. The van der Waals surface area contributed by atoms with E-state index >= 15 is 0 Å². The zero-order valence-electron chi connectivity index (χ0n) is 10.5. The number of allylic oxidation sites excluding steroid dienone is 5. The van der Waals surface area contributed by atoms with E-state index in [0.717, 1.165) is 25.2 Å². The van der Waals surface area contributed by atoms with Crippen molar-refractivity contribution >= 4 is 0 Å². The minimum Gasteiger partial charge on any atom is -0.497 e. The molecule has 2 nitrogen and oxygen atoms in total. The van der Waals surface area contributed by atoms with Crippen molar-refractivity contribution < 1.29 is 9.47 Å². The Bertz CT molecular complexity index is 272. The first kappa shape index (κ1) is 14.6. The summed E-state index contributed by atoms with van der Waals surface area (Å²) in [5, 5.41) is 0. The number of methoxy groups -OCH3 is 1. The molecule has 0 amide bonds. The lowest BCUT2D eigenvalue weighted by Crippen LogP contribution is -1.92. The van der Waals surface area contributed by atoms with Gasteiger partial charge in [-0.3, -0.25) is 0 Å². The van der Waals surface area contributed by atoms with Crippen LogP contribution in [0, 0.1) is 0 Å². The minimum atomic E-state index is 0.629. The Balaban J connectivity index is 4.23. The van der Waals surface area contributed by atoms with Gasteiger partial charge in [0.25, 0.3) is 0 Å². The molecule has 0 bridgehead atoms. The van der Waals surface area contributed by atoms with Crippen LogP contribution in [0.5, 0.6) is 0 Å². The number of rotatable bonds is 8. The summed E-state index contributed by atoms with van der Waals surface area (Å²) in [7, 11) is 1.60. The van der Waals surface area contributed by atoms with Crippen molar-refractivity contribution in [1.29, 1.82) is 0 Å². The van der Waals surface area contributed by atoms with Crippen molar-refractivity contribution in [3.63, 3.8) is 0 Å². The average Bonchev–Trinajstić information content (AvgIpc) is 2.29. The maximum atomic E-state index is 5.59. The zero-order valence-corrected chi connectivity index (χ0v) is 10.5. The van der Waals surface area contributed by atoms with E-state index in [1.807, 2.05) is 31.2 Å². The van der Waals surface area contributed by atoms with Crippen LogP contribution in [0.1, 0.15) is 26.7 Å². The number of hydrogen-bond acceptors (Lipinski definition) is 2. The Labute approximate surface area is 99.0 Å². The first-order chi connectivity index (χ1) is 7.74. The van der Waals surface area contributed by atoms with Crippen molar-refractivity contribution in [2.24, 2.45) is 0 Å². The molecule has 16 heavy (non-hydrogen) atoms. The Morgan fingerprint density at radius 2 is 2.06 bits per heavy atom. The maximum Gasteiger partial charge on any atom is 0.118 e. The molecule has 0 N–H and O–H groups in total. The summed E-state index contributed by atoms with van der Waals surface area (Å²) >= 11 is 0. The Kier molecular flexibility index (Phi) is 9.18. The van der Waals surface area contributed by atoms with Gasteiger partial charge in [-0.2, -0.15) is 0 Å². The van der Waals surface area contributed by atoms with Gasteiger partial charge < -0.3 is 9.47 Å². The van der Waals surface area contributed by atoms with E-state index in [1.54, 1.807) is 13.2 Å². The second-order valence-electron chi connectivity index (χ2n) is 3.30. The van der Waals surface area contributed by atoms with E-state index in [1.165, 1.54) is 0 Å². The van der Waals surface area contributed by atoms with Gasteiger partial charge >= 0.3 is 0 Å². The molecule has 0 aromatic rings. The van der Waals surface area contributed by atoms with Crippen LogP contribution in [0.15, 0.2) is 48.5 Å². The predicted octanol–water partition coefficient (Wildman–Crippen LogP) is 3.98. The van der Waals surface area contributed by atoms with Gasteiger partial charge in [0, 0.05) is 0 Å². The average molecular weight is 222 g/mol. The van der Waals surface area contributed by atoms with E-state index < -0.39 is 0 Å². The van der Waals surface area contributed by atoms with Crippen LogP contribution in [-0.2, 0) is 9.47 Å². The molecule has 0 unspecified atom stereocenters. The van der Waals surface area contributed by atoms with E-state index in [4.69, 9.17) is 9.47 Å². The minimum absolute atomic E-state index is 0.629. The highest BCUT2D eigenvalue weighted by Crippen LogP contribution is 2.03. The SMILES string of the molecule is C=C(/C=C/C=C(\C=C/C)OCCCC)OC. The van der Waals surface area contributed by atoms with Crippen LogP contribution >= 0.6 is 0 Å². The molecule has 0 aliphatic rings. The molecule has 0 aromatic heterocycles. The van der Waals surface area contributed by atoms with Crippen molar-refractivity contribution in [3.8, 4) is 0 Å². The topological polar surface area (TPSA) is 18.5 Å². The van der Waals surface area contributed by atoms with E-state index in [0.29, 0.717) is 5.76 Å². The van der Waals surface area contributed by atoms with Crippen LogP contribution in [-0.4, -0.2) is 13.7 Å². The number of unbranched alkanes of at least 4 members (excludes halogenated alkanes) is 1. The summed E-state index contributed by atoms with van der Waals surface area (Å²) in [5.74, 6) is 1.49. The third-order valence-electron chi connectivity index (χ3n) is 1.90. The maximum absolute atomic E-state index is 5.59. The normalized spacial score (nSPS) is 12.3. The van der Waals surface area contributed by atoms with Gasteiger partial charge in [0.05, 0.1) is 13.7 Å². The van der Waals surface area contributed by atoms with E-state index in [2.05, 4.69) is 13.5 Å². The lowest BCUT2D eigenvalue weighted by molar-refractivity contribution is 0.219. The first-order valence-electron chi connectivity index (χ1n) is 5.61. The molecular weight excluding hydrogens is 200 g/mol. The summed E-state index contributed by atoms with van der Waals surface area (Å²) in [6.45, 7) is 8.56. The monoisotopic (exact) mass is 222 g/mol. The number of ether oxygens (including phenoxy) is 2. The van der Waals surface area contributed by atoms with Crippen molar-refractivity contribution in [3.05, 3.63) is 48.5 Å². The smallest absolute Gasteiger partial charge is 0.118 e. The van der Waals surface area contributed by atoms with Crippen LogP contribution in [0.25, 0.3) is 0 Å². The van der Waals surface area contributed by atoms with Gasteiger partial charge in [-0.15, -0.1) is 0 Å². The Morgan fingerprint density at radius 1 is 1.31 bits per heavy atom. The fraction of sp³-hybridized carbons (Fsp3) is 0.429. The molecular formula is C14H22O2. The standard InChI is InChI=1S/C14H22O2/c1-5-7-12-16-14(9-6-2)11-8-10-13(3)15-4/h6,8-11H,3,5,7,12H2,1-2,4H3/b9-6-,10-8+,14-11+. The predicted molar refractivity (Wildman–Crippen MR) is 69.0 cm³/mol. The quantitative estimate of drug-likeness (QED) is 0.351. The Hall–Kier alpha value is -1.44. The number of hydrogen-bond donors (Lipinski definition) is 0. The van der Waals surface area contributed by atoms with Gasteiger partial charge in [0.2, 0.25) is 0 Å². The van der Waals surface area contributed by atoms with Crippen molar-refractivity contribution in [2.75, 3.05) is 13.7 Å². The van der Waals surface area contributed by atoms with Gasteiger partial charge in [-0.05, 0) is 31.6 Å². The Morgan fingerprint density at radius 3 is 2.62 bits per heavy atom. The zero-order chi connectivity index (χ0) is 12.2. The molecule has 0 saturated carbocycles. The fourth-order valence-corrected chi connectivity index (χ4v) is 0.969. The summed E-state index contributed by atoms with van der Waals surface area (Å²) < 4.78 is 10.5. The van der Waals surface area contributed by atoms with Crippen molar-refractivity contribution in [2.45, 2.75) is 26.7 Å². The molecule has 0 atom stereocenters. The largest absolute Gasteiger partial charge is 0.497 e. The highest BCUT2D eigenvalue weighted by atomic mass is 16.5. The van der Waals surface area contributed by atoms with Crippen molar-refractivity contribution in [1.82, 2.24) is 0 Å². The van der Waals surface area contributed by atoms with Gasteiger partial charge in [0.1, 0.15) is 11.5 Å². The highest BCUT2D eigenvalue weighted by Gasteiger charge is 1.90. The lowest BCUT2D eigenvalue weighted by atomic mass is 10.3. The van der Waals surface area contributed by atoms with E-state index in [-0.39, 0.29) is 0 Å². The molecule has 0 heterocycles. The third-order valence-corrected chi connectivity index (χ3v) is 1.90. The summed E-state index contributed by atoms with van der Waals surface area (Å²) in [5.41, 5.74) is 0. The molecule has 0 radical (unpaired) electrons. The first-order valence-corrected chi connectivity index (χ1v) is 5.61. The second kappa shape index (κ2) is 10.1. The fourth-order valence-electron chi connectivity index (χ4n) is 0.969. The van der Waals surface area contributed by atoms with Crippen LogP contribution in [0.3, 0.4) is 0 Å².